The first kappa shape index (κ1) is 18.5. The number of carboxylic acids is 1. The number of rotatable bonds is 3. The predicted octanol–water partition coefficient (Wildman–Crippen LogP) is 3.98. The maximum atomic E-state index is 10.4. The van der Waals surface area contributed by atoms with Gasteiger partial charge in [0.05, 0.1) is 6.42 Å². The normalized spacial score (nSPS) is 10.2. The molecule has 0 aromatic heterocycles. The van der Waals surface area contributed by atoms with Crippen molar-refractivity contribution in [2.24, 2.45) is 5.73 Å². The predicted molar refractivity (Wildman–Crippen MR) is 76.0 cm³/mol. The summed E-state index contributed by atoms with van der Waals surface area (Å²) >= 11 is 3.29. The highest BCUT2D eigenvalue weighted by Crippen LogP contribution is 2.18. The average molecular weight is 304 g/mol. The van der Waals surface area contributed by atoms with E-state index in [-0.39, 0.29) is 6.42 Å². The molecular formula is C13H22BrNO2. The van der Waals surface area contributed by atoms with Crippen LogP contribution in [0, 0.1) is 0 Å². The monoisotopic (exact) mass is 303 g/mol. The summed E-state index contributed by atoms with van der Waals surface area (Å²) in [5.41, 5.74) is 6.49. The lowest BCUT2D eigenvalue weighted by Crippen LogP contribution is -2.14. The molecule has 0 saturated carbocycles. The Morgan fingerprint density at radius 2 is 1.88 bits per heavy atom. The van der Waals surface area contributed by atoms with Gasteiger partial charge in [0, 0.05) is 10.5 Å². The molecule has 0 fully saturated rings. The molecule has 3 N–H and O–H groups in total. The average Bonchev–Trinajstić information content (AvgIpc) is 2.33. The van der Waals surface area contributed by atoms with Gasteiger partial charge in [-0.3, -0.25) is 4.79 Å². The highest BCUT2D eigenvalue weighted by Gasteiger charge is 2.09. The fraction of sp³-hybridized carbons (Fsp3) is 0.462. The number of aliphatic carboxylic acids is 1. The Kier molecular flexibility index (Phi) is 12.6. The van der Waals surface area contributed by atoms with Crippen LogP contribution >= 0.6 is 15.9 Å². The summed E-state index contributed by atoms with van der Waals surface area (Å²) in [5, 5.41) is 8.52. The minimum absolute atomic E-state index is 0.0452. The number of hydrogen-bond acceptors (Lipinski definition) is 2. The molecule has 1 aromatic rings. The van der Waals surface area contributed by atoms with E-state index in [2.05, 4.69) is 15.9 Å². The van der Waals surface area contributed by atoms with E-state index < -0.39 is 12.0 Å². The highest BCUT2D eigenvalue weighted by atomic mass is 79.9. The first-order valence-electron chi connectivity index (χ1n) is 5.82. The van der Waals surface area contributed by atoms with Gasteiger partial charge in [0.2, 0.25) is 0 Å². The Bertz CT molecular complexity index is 316. The molecule has 0 heterocycles. The molecule has 0 aliphatic rings. The first-order valence-corrected chi connectivity index (χ1v) is 6.61. The zero-order valence-electron chi connectivity index (χ0n) is 10.9. The van der Waals surface area contributed by atoms with Crippen LogP contribution in [0.25, 0.3) is 0 Å². The zero-order chi connectivity index (χ0) is 13.8. The Morgan fingerprint density at radius 1 is 1.35 bits per heavy atom. The maximum Gasteiger partial charge on any atom is 0.305 e. The van der Waals surface area contributed by atoms with Crippen LogP contribution in [0.5, 0.6) is 0 Å². The summed E-state index contributed by atoms with van der Waals surface area (Å²) in [5.74, 6) is -0.882. The summed E-state index contributed by atoms with van der Waals surface area (Å²) in [6, 6.07) is 6.92. The number of nitrogens with two attached hydrogens (primary N) is 1. The quantitative estimate of drug-likeness (QED) is 0.888. The smallest absolute Gasteiger partial charge is 0.305 e. The van der Waals surface area contributed by atoms with Crippen LogP contribution in [0.4, 0.5) is 0 Å². The second-order valence-electron chi connectivity index (χ2n) is 2.76. The third kappa shape index (κ3) is 8.89. The molecule has 0 radical (unpaired) electrons. The minimum atomic E-state index is -0.882. The highest BCUT2D eigenvalue weighted by molar-refractivity contribution is 9.10. The molecule has 1 unspecified atom stereocenters. The molecule has 0 amide bonds. The second kappa shape index (κ2) is 11.6. The van der Waals surface area contributed by atoms with Gasteiger partial charge in [0.15, 0.2) is 0 Å². The fourth-order valence-electron chi connectivity index (χ4n) is 1.04. The lowest BCUT2D eigenvalue weighted by Gasteiger charge is -2.08. The van der Waals surface area contributed by atoms with Crippen LogP contribution in [-0.2, 0) is 4.79 Å². The van der Waals surface area contributed by atoms with Crippen molar-refractivity contribution >= 4 is 21.9 Å². The molecule has 17 heavy (non-hydrogen) atoms. The molecule has 3 nitrogen and oxygen atoms in total. The van der Waals surface area contributed by atoms with Crippen LogP contribution < -0.4 is 5.73 Å². The van der Waals surface area contributed by atoms with E-state index in [9.17, 15) is 4.79 Å². The van der Waals surface area contributed by atoms with Gasteiger partial charge in [-0.15, -0.1) is 0 Å². The van der Waals surface area contributed by atoms with Gasteiger partial charge in [0.25, 0.3) is 0 Å². The van der Waals surface area contributed by atoms with E-state index >= 15 is 0 Å². The van der Waals surface area contributed by atoms with Crippen LogP contribution in [0.3, 0.4) is 0 Å². The topological polar surface area (TPSA) is 63.3 Å². The van der Waals surface area contributed by atoms with E-state index in [1.165, 1.54) is 0 Å². The molecular weight excluding hydrogens is 282 g/mol. The molecule has 1 atom stereocenters. The zero-order valence-corrected chi connectivity index (χ0v) is 12.5. The van der Waals surface area contributed by atoms with Gasteiger partial charge >= 0.3 is 5.97 Å². The van der Waals surface area contributed by atoms with Gasteiger partial charge in [-0.2, -0.15) is 0 Å². The van der Waals surface area contributed by atoms with E-state index in [1.54, 1.807) is 0 Å². The Balaban J connectivity index is 0. The summed E-state index contributed by atoms with van der Waals surface area (Å²) in [7, 11) is 0. The molecule has 0 aliphatic carbocycles. The molecule has 1 aromatic carbocycles. The van der Waals surface area contributed by atoms with Gasteiger partial charge in [-0.05, 0) is 17.7 Å². The van der Waals surface area contributed by atoms with Crippen LogP contribution in [0.2, 0.25) is 0 Å². The van der Waals surface area contributed by atoms with Gasteiger partial charge < -0.3 is 10.8 Å². The SMILES string of the molecule is CC.CC.NC(CC(=O)O)c1cccc(Br)c1. The van der Waals surface area contributed by atoms with Crippen molar-refractivity contribution in [1.82, 2.24) is 0 Å². The van der Waals surface area contributed by atoms with Crippen molar-refractivity contribution in [2.75, 3.05) is 0 Å². The fourth-order valence-corrected chi connectivity index (χ4v) is 1.46. The summed E-state index contributed by atoms with van der Waals surface area (Å²) in [6.45, 7) is 8.00. The molecule has 98 valence electrons. The van der Waals surface area contributed by atoms with E-state index in [0.29, 0.717) is 0 Å². The van der Waals surface area contributed by atoms with Crippen molar-refractivity contribution < 1.29 is 9.90 Å². The lowest BCUT2D eigenvalue weighted by atomic mass is 10.1. The number of carbonyl (C=O) groups is 1. The van der Waals surface area contributed by atoms with Crippen molar-refractivity contribution in [3.8, 4) is 0 Å². The second-order valence-corrected chi connectivity index (χ2v) is 3.68. The van der Waals surface area contributed by atoms with Crippen LogP contribution in [0.15, 0.2) is 28.7 Å². The summed E-state index contributed by atoms with van der Waals surface area (Å²) in [6.07, 6.45) is -0.0452. The Morgan fingerprint density at radius 3 is 2.29 bits per heavy atom. The van der Waals surface area contributed by atoms with Crippen molar-refractivity contribution in [1.29, 1.82) is 0 Å². The number of benzene rings is 1. The summed E-state index contributed by atoms with van der Waals surface area (Å²) < 4.78 is 0.908. The van der Waals surface area contributed by atoms with Crippen molar-refractivity contribution in [2.45, 2.75) is 40.2 Å². The van der Waals surface area contributed by atoms with E-state index in [0.717, 1.165) is 10.0 Å². The Labute approximate surface area is 112 Å². The molecule has 1 rings (SSSR count). The van der Waals surface area contributed by atoms with Crippen molar-refractivity contribution in [3.63, 3.8) is 0 Å². The third-order valence-corrected chi connectivity index (χ3v) is 2.16. The van der Waals surface area contributed by atoms with Crippen molar-refractivity contribution in [3.05, 3.63) is 34.3 Å². The van der Waals surface area contributed by atoms with Crippen LogP contribution in [0.1, 0.15) is 45.7 Å². The van der Waals surface area contributed by atoms with Gasteiger partial charge in [-0.25, -0.2) is 0 Å². The molecule has 0 aliphatic heterocycles. The standard InChI is InChI=1S/C9H10BrNO2.2C2H6/c10-7-3-1-2-6(4-7)8(11)5-9(12)13;2*1-2/h1-4,8H,5,11H2,(H,12,13);2*1-2H3. The lowest BCUT2D eigenvalue weighted by molar-refractivity contribution is -0.137. The minimum Gasteiger partial charge on any atom is -0.481 e. The van der Waals surface area contributed by atoms with Gasteiger partial charge in [-0.1, -0.05) is 55.8 Å². The van der Waals surface area contributed by atoms with Gasteiger partial charge in [0.1, 0.15) is 0 Å². The number of hydrogen-bond donors (Lipinski definition) is 2. The number of carboxylic acid groups (broad SMARTS) is 1. The third-order valence-electron chi connectivity index (χ3n) is 1.67. The molecule has 0 bridgehead atoms. The largest absolute Gasteiger partial charge is 0.481 e. The summed E-state index contributed by atoms with van der Waals surface area (Å²) in [4.78, 5) is 10.4. The molecule has 4 heteroatoms. The first-order chi connectivity index (χ1) is 8.09. The Hall–Kier alpha value is -0.870. The van der Waals surface area contributed by atoms with Crippen LogP contribution in [-0.4, -0.2) is 11.1 Å². The van der Waals surface area contributed by atoms with E-state index in [1.807, 2.05) is 52.0 Å². The molecule has 0 spiro atoms. The molecule has 0 saturated heterocycles. The maximum absolute atomic E-state index is 10.4. The van der Waals surface area contributed by atoms with E-state index in [4.69, 9.17) is 10.8 Å². The number of halogens is 1.